The summed E-state index contributed by atoms with van der Waals surface area (Å²) in [7, 11) is -0.978. The molecule has 3 aromatic rings. The summed E-state index contributed by atoms with van der Waals surface area (Å²) in [5.41, 5.74) is 7.24. The van der Waals surface area contributed by atoms with Crippen molar-refractivity contribution in [3.8, 4) is 22.2 Å². The summed E-state index contributed by atoms with van der Waals surface area (Å²) in [6.45, 7) is 6.15. The number of aromatic nitrogens is 2. The Morgan fingerprint density at radius 1 is 1.29 bits per heavy atom. The second-order valence-electron chi connectivity index (χ2n) is 8.14. The van der Waals surface area contributed by atoms with Crippen molar-refractivity contribution in [2.24, 2.45) is 10.7 Å². The molecule has 10 heteroatoms. The molecule has 0 amide bonds. The topological polar surface area (TPSA) is 97.6 Å². The summed E-state index contributed by atoms with van der Waals surface area (Å²) in [6.07, 6.45) is 0. The highest BCUT2D eigenvalue weighted by Gasteiger charge is 2.40. The van der Waals surface area contributed by atoms with Gasteiger partial charge in [-0.05, 0) is 42.5 Å². The molecule has 0 saturated heterocycles. The van der Waals surface area contributed by atoms with E-state index in [0.29, 0.717) is 27.6 Å². The van der Waals surface area contributed by atoms with E-state index in [9.17, 15) is 4.21 Å². The first kappa shape index (κ1) is 21.9. The van der Waals surface area contributed by atoms with E-state index in [0.717, 1.165) is 10.4 Å². The van der Waals surface area contributed by atoms with Crippen LogP contribution in [0, 0.1) is 0 Å². The highest BCUT2D eigenvalue weighted by atomic mass is 35.5. The fraction of sp³-hybridized carbons (Fsp3) is 0.333. The normalized spacial score (nSPS) is 23.9. The standard InChI is InChI=1S/C21H24ClN5O2S2/c1-12(2)13-6-8-14(9-7-13)18-25-26-19(29-18)16-10-15(22)17(30-16)21(3)11-31(5,28)27(4)20(23)24-21/h6-10,12H,5,11H2,1-4H3,(H2,23,24)/t21-,31?/m0/s1. The largest absolute Gasteiger partial charge is 0.415 e. The van der Waals surface area contributed by atoms with Crippen LogP contribution >= 0.6 is 22.9 Å². The molecule has 0 spiro atoms. The van der Waals surface area contributed by atoms with Crippen LogP contribution in [0.15, 0.2) is 39.7 Å². The third-order valence-electron chi connectivity index (χ3n) is 5.33. The van der Waals surface area contributed by atoms with Crippen molar-refractivity contribution in [2.75, 3.05) is 12.8 Å². The molecule has 7 nitrogen and oxygen atoms in total. The van der Waals surface area contributed by atoms with Crippen molar-refractivity contribution >= 4 is 44.5 Å². The van der Waals surface area contributed by atoms with Crippen LogP contribution in [0.2, 0.25) is 5.02 Å². The molecule has 0 bridgehead atoms. The van der Waals surface area contributed by atoms with Crippen LogP contribution in [0.3, 0.4) is 0 Å². The van der Waals surface area contributed by atoms with Crippen LogP contribution in [0.25, 0.3) is 22.2 Å². The third-order valence-corrected chi connectivity index (χ3v) is 9.31. The van der Waals surface area contributed by atoms with Crippen LogP contribution in [0.5, 0.6) is 0 Å². The molecule has 4 rings (SSSR count). The molecule has 0 saturated carbocycles. The SMILES string of the molecule is C=S1(=O)C[C@@](C)(c2sc(-c3nnc(-c4ccc(C(C)C)cc4)o3)cc2Cl)N=C(N)N1C. The lowest BCUT2D eigenvalue weighted by atomic mass is 10.0. The predicted octanol–water partition coefficient (Wildman–Crippen LogP) is 4.35. The Bertz CT molecular complexity index is 1260. The van der Waals surface area contributed by atoms with E-state index in [1.807, 2.05) is 19.1 Å². The molecule has 1 aromatic carbocycles. The van der Waals surface area contributed by atoms with Crippen molar-refractivity contribution in [1.29, 1.82) is 0 Å². The highest BCUT2D eigenvalue weighted by Crippen LogP contribution is 2.44. The average molecular weight is 478 g/mol. The van der Waals surface area contributed by atoms with Crippen LogP contribution in [0.1, 0.15) is 37.1 Å². The van der Waals surface area contributed by atoms with Gasteiger partial charge in [0, 0.05) is 12.6 Å². The minimum Gasteiger partial charge on any atom is -0.415 e. The maximum Gasteiger partial charge on any atom is 0.258 e. The molecular formula is C21H24ClN5O2S2. The van der Waals surface area contributed by atoms with Gasteiger partial charge in [-0.1, -0.05) is 37.6 Å². The number of thiophene rings is 1. The molecule has 0 radical (unpaired) electrons. The zero-order valence-electron chi connectivity index (χ0n) is 17.8. The maximum atomic E-state index is 12.9. The van der Waals surface area contributed by atoms with E-state index in [1.165, 1.54) is 21.2 Å². The van der Waals surface area contributed by atoms with Crippen LogP contribution < -0.4 is 5.73 Å². The quantitative estimate of drug-likeness (QED) is 0.563. The molecule has 3 heterocycles. The van der Waals surface area contributed by atoms with Gasteiger partial charge in [-0.15, -0.1) is 21.5 Å². The number of halogens is 1. The summed E-state index contributed by atoms with van der Waals surface area (Å²) in [5, 5.41) is 8.87. The minimum atomic E-state index is -2.61. The minimum absolute atomic E-state index is 0.171. The maximum absolute atomic E-state index is 12.9. The smallest absolute Gasteiger partial charge is 0.258 e. The monoisotopic (exact) mass is 477 g/mol. The molecule has 31 heavy (non-hydrogen) atoms. The lowest BCUT2D eigenvalue weighted by Gasteiger charge is -2.36. The molecule has 164 valence electrons. The molecular weight excluding hydrogens is 454 g/mol. The fourth-order valence-electron chi connectivity index (χ4n) is 3.47. The van der Waals surface area contributed by atoms with Crippen molar-refractivity contribution in [1.82, 2.24) is 14.5 Å². The lowest BCUT2D eigenvalue weighted by Crippen LogP contribution is -2.50. The van der Waals surface area contributed by atoms with E-state index in [4.69, 9.17) is 21.8 Å². The van der Waals surface area contributed by atoms with Gasteiger partial charge in [-0.25, -0.2) is 9.20 Å². The Labute approximate surface area is 191 Å². The Morgan fingerprint density at radius 2 is 1.94 bits per heavy atom. The second-order valence-corrected chi connectivity index (χ2v) is 12.0. The number of benzene rings is 1. The Balaban J connectivity index is 1.67. The molecule has 2 aromatic heterocycles. The molecule has 1 unspecified atom stereocenters. The highest BCUT2D eigenvalue weighted by molar-refractivity contribution is 7.98. The van der Waals surface area contributed by atoms with E-state index >= 15 is 0 Å². The number of nitrogens with two attached hydrogens (primary N) is 1. The van der Waals surface area contributed by atoms with Crippen LogP contribution in [-0.2, 0) is 15.2 Å². The first-order chi connectivity index (χ1) is 14.5. The number of hydrogen-bond acceptors (Lipinski definition) is 7. The van der Waals surface area contributed by atoms with Gasteiger partial charge in [0.25, 0.3) is 5.89 Å². The first-order valence-corrected chi connectivity index (χ1v) is 12.7. The molecule has 1 aliphatic heterocycles. The van der Waals surface area contributed by atoms with Gasteiger partial charge in [-0.3, -0.25) is 4.31 Å². The van der Waals surface area contributed by atoms with Crippen molar-refractivity contribution < 1.29 is 8.63 Å². The molecule has 2 N–H and O–H groups in total. The number of nitrogens with zero attached hydrogens (tertiary/aromatic N) is 4. The Kier molecular flexibility index (Phi) is 5.39. The number of guanidine groups is 1. The summed E-state index contributed by atoms with van der Waals surface area (Å²) in [4.78, 5) is 6.01. The lowest BCUT2D eigenvalue weighted by molar-refractivity contribution is 0.522. The van der Waals surface area contributed by atoms with E-state index in [1.54, 1.807) is 13.1 Å². The van der Waals surface area contributed by atoms with Crippen molar-refractivity contribution in [2.45, 2.75) is 32.2 Å². The van der Waals surface area contributed by atoms with Crippen LogP contribution in [-0.4, -0.2) is 43.3 Å². The second kappa shape index (κ2) is 7.65. The van der Waals surface area contributed by atoms with E-state index in [-0.39, 0.29) is 11.7 Å². The van der Waals surface area contributed by atoms with Gasteiger partial charge < -0.3 is 10.2 Å². The zero-order valence-corrected chi connectivity index (χ0v) is 20.1. The van der Waals surface area contributed by atoms with Gasteiger partial charge in [0.1, 0.15) is 5.54 Å². The number of rotatable bonds is 4. The Morgan fingerprint density at radius 3 is 2.55 bits per heavy atom. The van der Waals surface area contributed by atoms with Gasteiger partial charge in [0.05, 0.1) is 30.2 Å². The summed E-state index contributed by atoms with van der Waals surface area (Å²) in [6, 6.07) is 9.83. The summed E-state index contributed by atoms with van der Waals surface area (Å²) < 4.78 is 20.3. The summed E-state index contributed by atoms with van der Waals surface area (Å²) in [5.74, 6) is 5.47. The molecule has 2 atom stereocenters. The van der Waals surface area contributed by atoms with Crippen molar-refractivity contribution in [3.05, 3.63) is 45.8 Å². The number of aliphatic imine (C=N–C) groups is 1. The van der Waals surface area contributed by atoms with Crippen molar-refractivity contribution in [3.63, 3.8) is 0 Å². The van der Waals surface area contributed by atoms with Gasteiger partial charge in [0.2, 0.25) is 11.9 Å². The predicted molar refractivity (Wildman–Crippen MR) is 129 cm³/mol. The van der Waals surface area contributed by atoms with E-state index < -0.39 is 15.2 Å². The van der Waals surface area contributed by atoms with Gasteiger partial charge in [-0.2, -0.15) is 0 Å². The third kappa shape index (κ3) is 3.97. The van der Waals surface area contributed by atoms with Gasteiger partial charge >= 0.3 is 0 Å². The zero-order chi connectivity index (χ0) is 22.6. The fourth-order valence-corrected chi connectivity index (χ4v) is 6.78. The molecule has 0 fully saturated rings. The number of hydrogen-bond donors (Lipinski definition) is 1. The molecule has 0 aliphatic carbocycles. The van der Waals surface area contributed by atoms with Crippen LogP contribution in [0.4, 0.5) is 0 Å². The van der Waals surface area contributed by atoms with E-state index in [2.05, 4.69) is 47.0 Å². The average Bonchev–Trinajstić information content (AvgIpc) is 3.33. The summed E-state index contributed by atoms with van der Waals surface area (Å²) >= 11 is 7.92. The molecule has 1 aliphatic rings. The van der Waals surface area contributed by atoms with Gasteiger partial charge in [0.15, 0.2) is 0 Å². The Hall–Kier alpha value is -2.36. The first-order valence-electron chi connectivity index (χ1n) is 9.68.